The highest BCUT2D eigenvalue weighted by Gasteiger charge is 2.19. The number of carbonyl (C=O) groups excluding carboxylic acids is 3. The second-order valence-corrected chi connectivity index (χ2v) is 13.0. The van der Waals surface area contributed by atoms with Crippen LogP contribution in [0.4, 0.5) is 10.8 Å². The van der Waals surface area contributed by atoms with Crippen molar-refractivity contribution in [1.82, 2.24) is 10.3 Å². The number of rotatable bonds is 12. The zero-order valence-corrected chi connectivity index (χ0v) is 27.6. The van der Waals surface area contributed by atoms with Gasteiger partial charge < -0.3 is 25.4 Å². The SMILES string of the molecule is COc1ccc(-c2csc(NC(=O)C(C)Sc3cccc(NC(=O)/C(=C/c4cccs4)NC(=O)c4ccccc4)c3)n2)cc1OC. The Kier molecular flexibility index (Phi) is 10.9. The molecule has 1 atom stereocenters. The van der Waals surface area contributed by atoms with Gasteiger partial charge in [0.15, 0.2) is 16.6 Å². The highest BCUT2D eigenvalue weighted by molar-refractivity contribution is 8.00. The number of hydrogen-bond acceptors (Lipinski definition) is 9. The van der Waals surface area contributed by atoms with Crippen LogP contribution in [0.1, 0.15) is 22.2 Å². The molecule has 0 aliphatic carbocycles. The Morgan fingerprint density at radius 1 is 0.870 bits per heavy atom. The third-order valence-corrected chi connectivity index (χ3v) is 9.22. The molecule has 2 heterocycles. The number of nitrogens with one attached hydrogen (secondary N) is 3. The van der Waals surface area contributed by atoms with E-state index in [0.717, 1.165) is 15.3 Å². The van der Waals surface area contributed by atoms with Gasteiger partial charge in [0.1, 0.15) is 5.70 Å². The van der Waals surface area contributed by atoms with E-state index >= 15 is 0 Å². The lowest BCUT2D eigenvalue weighted by Gasteiger charge is -2.13. The Labute approximate surface area is 278 Å². The van der Waals surface area contributed by atoms with Crippen molar-refractivity contribution in [2.24, 2.45) is 0 Å². The Morgan fingerprint density at radius 2 is 1.67 bits per heavy atom. The molecule has 0 aliphatic heterocycles. The molecule has 12 heteroatoms. The first-order valence-corrected chi connectivity index (χ1v) is 16.7. The molecule has 0 bridgehead atoms. The number of thioether (sulfide) groups is 1. The Bertz CT molecular complexity index is 1860. The van der Waals surface area contributed by atoms with Crippen molar-refractivity contribution in [2.75, 3.05) is 24.9 Å². The number of thiazole rings is 1. The van der Waals surface area contributed by atoms with E-state index in [1.54, 1.807) is 69.7 Å². The zero-order chi connectivity index (χ0) is 32.5. The van der Waals surface area contributed by atoms with Gasteiger partial charge in [0, 0.05) is 32.0 Å². The molecule has 5 rings (SSSR count). The lowest BCUT2D eigenvalue weighted by molar-refractivity contribution is -0.115. The Morgan fingerprint density at radius 3 is 2.41 bits per heavy atom. The van der Waals surface area contributed by atoms with E-state index in [0.29, 0.717) is 33.6 Å². The van der Waals surface area contributed by atoms with Crippen LogP contribution in [0.3, 0.4) is 0 Å². The predicted octanol–water partition coefficient (Wildman–Crippen LogP) is 7.42. The number of nitrogens with zero attached hydrogens (tertiary/aromatic N) is 1. The molecule has 0 fully saturated rings. The highest BCUT2D eigenvalue weighted by atomic mass is 32.2. The fraction of sp³-hybridized carbons (Fsp3) is 0.118. The lowest BCUT2D eigenvalue weighted by Crippen LogP contribution is -2.30. The fourth-order valence-corrected chi connectivity index (χ4v) is 6.53. The predicted molar refractivity (Wildman–Crippen MR) is 186 cm³/mol. The van der Waals surface area contributed by atoms with Crippen LogP contribution in [-0.2, 0) is 9.59 Å². The van der Waals surface area contributed by atoms with Gasteiger partial charge in [0.05, 0.1) is 25.2 Å². The van der Waals surface area contributed by atoms with E-state index in [1.807, 2.05) is 53.2 Å². The Hall–Kier alpha value is -4.91. The quantitative estimate of drug-likeness (QED) is 0.0934. The average Bonchev–Trinajstić information content (AvgIpc) is 3.77. The van der Waals surface area contributed by atoms with Crippen LogP contribution in [0.15, 0.2) is 106 Å². The first kappa shape index (κ1) is 32.5. The van der Waals surface area contributed by atoms with Crippen LogP contribution < -0.4 is 25.4 Å². The monoisotopic (exact) mass is 670 g/mol. The van der Waals surface area contributed by atoms with E-state index < -0.39 is 17.1 Å². The maximum atomic E-state index is 13.3. The summed E-state index contributed by atoms with van der Waals surface area (Å²) in [6.07, 6.45) is 1.64. The van der Waals surface area contributed by atoms with Crippen LogP contribution in [0.25, 0.3) is 17.3 Å². The van der Waals surface area contributed by atoms with Gasteiger partial charge in [-0.3, -0.25) is 14.4 Å². The molecule has 0 saturated heterocycles. The number of methoxy groups -OCH3 is 2. The number of carbonyl (C=O) groups is 3. The number of aromatic nitrogens is 1. The first-order chi connectivity index (χ1) is 22.3. The fourth-order valence-electron chi connectivity index (χ4n) is 4.23. The summed E-state index contributed by atoms with van der Waals surface area (Å²) in [6, 6.07) is 25.1. The second-order valence-electron chi connectivity index (χ2n) is 9.73. The summed E-state index contributed by atoms with van der Waals surface area (Å²) in [5, 5.41) is 12.3. The van der Waals surface area contributed by atoms with Crippen molar-refractivity contribution in [1.29, 1.82) is 0 Å². The molecular weight excluding hydrogens is 641 g/mol. The molecule has 9 nitrogen and oxygen atoms in total. The first-order valence-electron chi connectivity index (χ1n) is 14.0. The summed E-state index contributed by atoms with van der Waals surface area (Å²) in [5.41, 5.74) is 2.61. The standard InChI is InChI=1S/C34H30N4O5S3/c1-21(31(39)38-34-37-28(20-45-34)23-14-15-29(42-2)30(17-23)43-3)46-26-12-7-11-24(18-26)35-33(41)27(19-25-13-8-16-44-25)36-32(40)22-9-5-4-6-10-22/h4-21H,1-3H3,(H,35,41)(H,36,40)(H,37,38,39)/b27-19-. The van der Waals surface area contributed by atoms with E-state index in [2.05, 4.69) is 20.9 Å². The number of amides is 3. The van der Waals surface area contributed by atoms with Gasteiger partial charge in [0.2, 0.25) is 5.91 Å². The third kappa shape index (κ3) is 8.42. The minimum atomic E-state index is -0.473. The van der Waals surface area contributed by atoms with E-state index in [4.69, 9.17) is 9.47 Å². The molecule has 3 aromatic carbocycles. The lowest BCUT2D eigenvalue weighted by atomic mass is 10.1. The molecule has 234 valence electrons. The minimum absolute atomic E-state index is 0.109. The van der Waals surface area contributed by atoms with Gasteiger partial charge in [-0.05, 0) is 73.0 Å². The third-order valence-electron chi connectivity index (χ3n) is 6.55. The van der Waals surface area contributed by atoms with Gasteiger partial charge in [-0.2, -0.15) is 0 Å². The molecule has 0 aliphatic rings. The van der Waals surface area contributed by atoms with Crippen molar-refractivity contribution in [3.8, 4) is 22.8 Å². The summed E-state index contributed by atoms with van der Waals surface area (Å²) < 4.78 is 10.7. The average molecular weight is 671 g/mol. The number of benzene rings is 3. The summed E-state index contributed by atoms with van der Waals surface area (Å²) >= 11 is 4.12. The maximum absolute atomic E-state index is 13.3. The van der Waals surface area contributed by atoms with Gasteiger partial charge in [-0.15, -0.1) is 34.4 Å². The van der Waals surface area contributed by atoms with Crippen LogP contribution in [0, 0.1) is 0 Å². The topological polar surface area (TPSA) is 119 Å². The van der Waals surface area contributed by atoms with Crippen molar-refractivity contribution in [3.05, 3.63) is 112 Å². The van der Waals surface area contributed by atoms with Crippen molar-refractivity contribution < 1.29 is 23.9 Å². The molecule has 46 heavy (non-hydrogen) atoms. The number of hydrogen-bond donors (Lipinski definition) is 3. The zero-order valence-electron chi connectivity index (χ0n) is 25.1. The molecule has 5 aromatic rings. The van der Waals surface area contributed by atoms with Crippen molar-refractivity contribution in [2.45, 2.75) is 17.1 Å². The van der Waals surface area contributed by atoms with E-state index in [-0.39, 0.29) is 11.6 Å². The van der Waals surface area contributed by atoms with Crippen LogP contribution in [0.5, 0.6) is 11.5 Å². The highest BCUT2D eigenvalue weighted by Crippen LogP contribution is 2.34. The number of thiophene rings is 1. The van der Waals surface area contributed by atoms with Gasteiger partial charge in [0.25, 0.3) is 11.8 Å². The molecule has 2 aromatic heterocycles. The molecule has 0 radical (unpaired) electrons. The Balaban J connectivity index is 1.22. The molecule has 1 unspecified atom stereocenters. The van der Waals surface area contributed by atoms with Crippen LogP contribution >= 0.6 is 34.4 Å². The summed E-state index contributed by atoms with van der Waals surface area (Å²) in [6.45, 7) is 1.80. The van der Waals surface area contributed by atoms with Gasteiger partial charge in [-0.1, -0.05) is 30.3 Å². The summed E-state index contributed by atoms with van der Waals surface area (Å²) in [4.78, 5) is 45.4. The van der Waals surface area contributed by atoms with Crippen LogP contribution in [0.2, 0.25) is 0 Å². The minimum Gasteiger partial charge on any atom is -0.493 e. The summed E-state index contributed by atoms with van der Waals surface area (Å²) in [5.74, 6) is 0.138. The van der Waals surface area contributed by atoms with Gasteiger partial charge >= 0.3 is 0 Å². The van der Waals surface area contributed by atoms with Crippen LogP contribution in [-0.4, -0.2) is 42.2 Å². The smallest absolute Gasteiger partial charge is 0.272 e. The number of anilines is 2. The largest absolute Gasteiger partial charge is 0.493 e. The molecule has 0 saturated carbocycles. The normalized spacial score (nSPS) is 11.8. The number of ether oxygens (including phenoxy) is 2. The molecule has 3 N–H and O–H groups in total. The van der Waals surface area contributed by atoms with Crippen molar-refractivity contribution in [3.63, 3.8) is 0 Å². The van der Waals surface area contributed by atoms with Crippen molar-refractivity contribution >= 4 is 69.1 Å². The second kappa shape index (κ2) is 15.4. The molecular formula is C34H30N4O5S3. The summed E-state index contributed by atoms with van der Waals surface area (Å²) in [7, 11) is 3.15. The maximum Gasteiger partial charge on any atom is 0.272 e. The molecule has 0 spiro atoms. The molecule has 3 amide bonds. The van der Waals surface area contributed by atoms with E-state index in [9.17, 15) is 14.4 Å². The van der Waals surface area contributed by atoms with E-state index in [1.165, 1.54) is 34.4 Å². The van der Waals surface area contributed by atoms with Gasteiger partial charge in [-0.25, -0.2) is 4.98 Å².